The molecule has 1 saturated carbocycles. The summed E-state index contributed by atoms with van der Waals surface area (Å²) in [5.74, 6) is 3.31. The third-order valence-electron chi connectivity index (χ3n) is 9.95. The van der Waals surface area contributed by atoms with Gasteiger partial charge in [-0.3, -0.25) is 0 Å². The molecule has 1 rings (SSSR count). The van der Waals surface area contributed by atoms with Gasteiger partial charge in [-0.25, -0.2) is 0 Å². The van der Waals surface area contributed by atoms with Gasteiger partial charge in [0.05, 0.1) is 0 Å². The lowest BCUT2D eigenvalue weighted by Crippen LogP contribution is -2.35. The molecule has 0 aliphatic heterocycles. The number of rotatable bonds is 25. The summed E-state index contributed by atoms with van der Waals surface area (Å²) in [4.78, 5) is 7.55. The monoisotopic (exact) mass is 626 g/mol. The van der Waals surface area contributed by atoms with Crippen LogP contribution in [-0.4, -0.2) is 73.1 Å². The predicted octanol–water partition coefficient (Wildman–Crippen LogP) is 12.6. The molecule has 0 spiro atoms. The molecule has 0 aromatic heterocycles. The molecule has 4 atom stereocenters. The van der Waals surface area contributed by atoms with E-state index in [1.165, 1.54) is 149 Å². The molecule has 0 saturated heterocycles. The topological polar surface area (TPSA) is 9.72 Å². The van der Waals surface area contributed by atoms with E-state index in [0.29, 0.717) is 0 Å². The third kappa shape index (κ3) is 29.3. The number of nitrogens with zero attached hydrogens (tertiary/aromatic N) is 3. The molecule has 3 nitrogen and oxygen atoms in total. The second-order valence-corrected chi connectivity index (χ2v) is 13.5. The highest BCUT2D eigenvalue weighted by atomic mass is 15.2. The summed E-state index contributed by atoms with van der Waals surface area (Å²) in [6.07, 6.45) is 22.6. The molecule has 0 radical (unpaired) electrons. The molecule has 0 N–H and O–H groups in total. The Morgan fingerprint density at radius 1 is 0.500 bits per heavy atom. The SMILES string of the molecule is CCC(C)N(CC)CC.CCCC.CCCCCCC(CC)C1CC1CCCCC.CCCN(CCC)CCN(CC)CC. The van der Waals surface area contributed by atoms with E-state index in [2.05, 4.69) is 105 Å². The summed E-state index contributed by atoms with van der Waals surface area (Å²) in [6, 6.07) is 0.764. The average molecular weight is 626 g/mol. The Morgan fingerprint density at radius 3 is 1.41 bits per heavy atom. The lowest BCUT2D eigenvalue weighted by molar-refractivity contribution is 0.214. The second-order valence-electron chi connectivity index (χ2n) is 13.5. The van der Waals surface area contributed by atoms with E-state index in [-0.39, 0.29) is 0 Å². The van der Waals surface area contributed by atoms with Gasteiger partial charge in [-0.15, -0.1) is 0 Å². The summed E-state index contributed by atoms with van der Waals surface area (Å²) in [5, 5.41) is 0. The predicted molar refractivity (Wildman–Crippen MR) is 206 cm³/mol. The first kappa shape index (κ1) is 48.3. The van der Waals surface area contributed by atoms with E-state index in [0.717, 1.165) is 23.8 Å². The molecule has 0 aromatic carbocycles. The summed E-state index contributed by atoms with van der Waals surface area (Å²) >= 11 is 0. The maximum atomic E-state index is 2.58. The van der Waals surface area contributed by atoms with Crippen LogP contribution in [0.2, 0.25) is 0 Å². The van der Waals surface area contributed by atoms with E-state index in [4.69, 9.17) is 0 Å². The van der Waals surface area contributed by atoms with Gasteiger partial charge in [0.25, 0.3) is 0 Å². The Morgan fingerprint density at radius 2 is 1.02 bits per heavy atom. The van der Waals surface area contributed by atoms with Crippen molar-refractivity contribution in [2.24, 2.45) is 17.8 Å². The van der Waals surface area contributed by atoms with E-state index in [1.54, 1.807) is 6.42 Å². The molecular weight excluding hydrogens is 534 g/mol. The molecule has 3 heteroatoms. The second kappa shape index (κ2) is 37.3. The van der Waals surface area contributed by atoms with E-state index in [9.17, 15) is 0 Å². The van der Waals surface area contributed by atoms with Gasteiger partial charge in [-0.2, -0.15) is 0 Å². The zero-order chi connectivity index (χ0) is 34.0. The summed E-state index contributed by atoms with van der Waals surface area (Å²) in [6.45, 7) is 39.1. The lowest BCUT2D eigenvalue weighted by atomic mass is 9.91. The third-order valence-corrected chi connectivity index (χ3v) is 9.95. The Labute approximate surface area is 283 Å². The van der Waals surface area contributed by atoms with Crippen LogP contribution in [0.1, 0.15) is 193 Å². The molecule has 1 aliphatic carbocycles. The van der Waals surface area contributed by atoms with Gasteiger partial charge in [0.2, 0.25) is 0 Å². The van der Waals surface area contributed by atoms with E-state index < -0.39 is 0 Å². The highest BCUT2D eigenvalue weighted by Crippen LogP contribution is 2.50. The van der Waals surface area contributed by atoms with Crippen LogP contribution >= 0.6 is 0 Å². The van der Waals surface area contributed by atoms with Gasteiger partial charge in [0.1, 0.15) is 0 Å². The Bertz CT molecular complexity index is 494. The molecule has 0 amide bonds. The van der Waals surface area contributed by atoms with Crippen LogP contribution in [0.25, 0.3) is 0 Å². The molecule has 4 unspecified atom stereocenters. The molecule has 44 heavy (non-hydrogen) atoms. The smallest absolute Gasteiger partial charge is 0.0109 e. The first-order valence-electron chi connectivity index (χ1n) is 20.5. The van der Waals surface area contributed by atoms with Crippen LogP contribution in [-0.2, 0) is 0 Å². The van der Waals surface area contributed by atoms with Crippen molar-refractivity contribution < 1.29 is 0 Å². The number of hydrogen-bond donors (Lipinski definition) is 0. The minimum atomic E-state index is 0.764. The summed E-state index contributed by atoms with van der Waals surface area (Å²) < 4.78 is 0. The van der Waals surface area contributed by atoms with Gasteiger partial charge in [0.15, 0.2) is 0 Å². The summed E-state index contributed by atoms with van der Waals surface area (Å²) in [5.41, 5.74) is 0. The first-order valence-corrected chi connectivity index (χ1v) is 20.5. The molecule has 1 fully saturated rings. The normalized spacial score (nSPS) is 16.9. The quantitative estimate of drug-likeness (QED) is 0.0934. The maximum Gasteiger partial charge on any atom is 0.0109 e. The minimum absolute atomic E-state index is 0.764. The van der Waals surface area contributed by atoms with Crippen LogP contribution in [0.4, 0.5) is 0 Å². The standard InChI is InChI=1S/C17H34.C12H28N2.C8H19N.C4H10/c1-4-7-9-11-12-15(6-3)17-14-16(17)13-10-8-5-2;1-5-9-14(10-6-2)12-11-13(7-3)8-4;1-5-8(4)9(6-2)7-3;1-3-4-2/h15-17H,4-14H2,1-3H3;5-12H2,1-4H3;8H,5-7H2,1-4H3;3-4H2,1-2H3. The number of hydrogen-bond acceptors (Lipinski definition) is 3. The largest absolute Gasteiger partial charge is 0.303 e. The van der Waals surface area contributed by atoms with Crippen molar-refractivity contribution in [2.75, 3.05) is 52.4 Å². The Kier molecular flexibility index (Phi) is 41.0. The fourth-order valence-electron chi connectivity index (χ4n) is 6.29. The Hall–Kier alpha value is -0.120. The van der Waals surface area contributed by atoms with Gasteiger partial charge < -0.3 is 14.7 Å². The zero-order valence-corrected chi connectivity index (χ0v) is 33.6. The van der Waals surface area contributed by atoms with Gasteiger partial charge in [-0.05, 0) is 89.6 Å². The molecular formula is C41H91N3. The van der Waals surface area contributed by atoms with Crippen molar-refractivity contribution in [3.05, 3.63) is 0 Å². The maximum absolute atomic E-state index is 2.58. The first-order chi connectivity index (χ1) is 21.3. The van der Waals surface area contributed by atoms with E-state index in [1.807, 2.05) is 0 Å². The number of likely N-dealkylation sites (N-methyl/N-ethyl adjacent to an activating group) is 1. The highest BCUT2D eigenvalue weighted by molar-refractivity contribution is 4.90. The highest BCUT2D eigenvalue weighted by Gasteiger charge is 2.40. The van der Waals surface area contributed by atoms with Crippen LogP contribution in [0.5, 0.6) is 0 Å². The lowest BCUT2D eigenvalue weighted by Gasteiger charge is -2.25. The van der Waals surface area contributed by atoms with Crippen molar-refractivity contribution in [1.82, 2.24) is 14.7 Å². The van der Waals surface area contributed by atoms with Gasteiger partial charge in [0, 0.05) is 19.1 Å². The fourth-order valence-corrected chi connectivity index (χ4v) is 6.29. The molecule has 1 aliphatic rings. The fraction of sp³-hybridized carbons (Fsp3) is 1.00. The zero-order valence-electron chi connectivity index (χ0n) is 33.6. The van der Waals surface area contributed by atoms with Crippen molar-refractivity contribution >= 4 is 0 Å². The average Bonchev–Trinajstić information content (AvgIpc) is 3.82. The van der Waals surface area contributed by atoms with Crippen LogP contribution in [0.15, 0.2) is 0 Å². The number of unbranched alkanes of at least 4 members (excludes halogenated alkanes) is 6. The van der Waals surface area contributed by atoms with Crippen LogP contribution < -0.4 is 0 Å². The van der Waals surface area contributed by atoms with Crippen molar-refractivity contribution in [2.45, 2.75) is 199 Å². The van der Waals surface area contributed by atoms with Crippen molar-refractivity contribution in [3.8, 4) is 0 Å². The van der Waals surface area contributed by atoms with E-state index >= 15 is 0 Å². The van der Waals surface area contributed by atoms with Gasteiger partial charge >= 0.3 is 0 Å². The Balaban J connectivity index is -0.000000560. The molecule has 0 aromatic rings. The van der Waals surface area contributed by atoms with Crippen molar-refractivity contribution in [3.63, 3.8) is 0 Å². The van der Waals surface area contributed by atoms with Crippen LogP contribution in [0, 0.1) is 17.8 Å². The summed E-state index contributed by atoms with van der Waals surface area (Å²) in [7, 11) is 0. The minimum Gasteiger partial charge on any atom is -0.303 e. The molecule has 270 valence electrons. The van der Waals surface area contributed by atoms with Crippen molar-refractivity contribution in [1.29, 1.82) is 0 Å². The molecule has 0 heterocycles. The molecule has 0 bridgehead atoms. The van der Waals surface area contributed by atoms with Crippen LogP contribution in [0.3, 0.4) is 0 Å². The van der Waals surface area contributed by atoms with Gasteiger partial charge in [-0.1, -0.05) is 160 Å².